The molecule has 0 atom stereocenters. The van der Waals surface area contributed by atoms with Gasteiger partial charge in [0.15, 0.2) is 9.35 Å². The van der Waals surface area contributed by atoms with Crippen molar-refractivity contribution >= 4 is 45.2 Å². The molecule has 1 aromatic carbocycles. The number of hydrogen-bond acceptors (Lipinski definition) is 1. The third-order valence-corrected chi connectivity index (χ3v) is 2.50. The van der Waals surface area contributed by atoms with Gasteiger partial charge in [0, 0.05) is 5.39 Å². The number of rotatable bonds is 0. The topological polar surface area (TPSA) is 13.1 Å². The Bertz CT molecular complexity index is 433. The maximum absolute atomic E-state index is 5.98. The van der Waals surface area contributed by atoms with E-state index in [1.807, 2.05) is 19.1 Å². The molecular weight excluding hydrogens is 286 g/mol. The summed E-state index contributed by atoms with van der Waals surface area (Å²) in [6, 6.07) is 5.95. The van der Waals surface area contributed by atoms with Crippen LogP contribution >= 0.6 is 34.2 Å². The molecule has 0 radical (unpaired) electrons. The first kappa shape index (κ1) is 8.38. The van der Waals surface area contributed by atoms with Crippen LogP contribution in [0.1, 0.15) is 5.56 Å². The Kier molecular flexibility index (Phi) is 2.04. The molecule has 0 saturated carbocycles. The molecule has 0 bridgehead atoms. The number of furan rings is 1. The summed E-state index contributed by atoms with van der Waals surface area (Å²) in [5, 5.41) is 1.76. The number of hydrogen-bond donors (Lipinski definition) is 0. The van der Waals surface area contributed by atoms with Gasteiger partial charge in [-0.1, -0.05) is 11.6 Å². The van der Waals surface area contributed by atoms with Gasteiger partial charge in [0.25, 0.3) is 0 Å². The molecule has 1 nitrogen and oxygen atoms in total. The predicted octanol–water partition coefficient (Wildman–Crippen LogP) is 4.00. The monoisotopic (exact) mass is 292 g/mol. The number of halogens is 2. The van der Waals surface area contributed by atoms with Crippen molar-refractivity contribution in [1.29, 1.82) is 0 Å². The van der Waals surface area contributed by atoms with Crippen molar-refractivity contribution in [3.63, 3.8) is 0 Å². The fourth-order valence-electron chi connectivity index (χ4n) is 1.22. The van der Waals surface area contributed by atoms with E-state index in [1.165, 1.54) is 0 Å². The van der Waals surface area contributed by atoms with Crippen molar-refractivity contribution in [1.82, 2.24) is 0 Å². The molecule has 3 heteroatoms. The summed E-state index contributed by atoms with van der Waals surface area (Å²) < 4.78 is 6.28. The van der Waals surface area contributed by atoms with E-state index < -0.39 is 0 Å². The third kappa shape index (κ3) is 1.33. The molecule has 0 N–H and O–H groups in total. The molecule has 0 saturated heterocycles. The van der Waals surface area contributed by atoms with Crippen LogP contribution in [0.25, 0.3) is 11.0 Å². The number of benzene rings is 1. The molecule has 0 spiro atoms. The van der Waals surface area contributed by atoms with Gasteiger partial charge in [0.2, 0.25) is 0 Å². The lowest BCUT2D eigenvalue weighted by Crippen LogP contribution is -1.71. The van der Waals surface area contributed by atoms with Gasteiger partial charge < -0.3 is 4.42 Å². The Hall–Kier alpha value is -0.220. The lowest BCUT2D eigenvalue weighted by atomic mass is 10.2. The zero-order valence-electron chi connectivity index (χ0n) is 6.40. The first-order valence-corrected chi connectivity index (χ1v) is 4.97. The van der Waals surface area contributed by atoms with Crippen LogP contribution < -0.4 is 0 Å². The van der Waals surface area contributed by atoms with E-state index in [4.69, 9.17) is 16.0 Å². The lowest BCUT2D eigenvalue weighted by Gasteiger charge is -1.94. The zero-order chi connectivity index (χ0) is 8.72. The van der Waals surface area contributed by atoms with Crippen LogP contribution in [0.4, 0.5) is 0 Å². The van der Waals surface area contributed by atoms with Crippen molar-refractivity contribution in [3.05, 3.63) is 32.6 Å². The maximum Gasteiger partial charge on any atom is 0.165 e. The molecule has 0 amide bonds. The van der Waals surface area contributed by atoms with Crippen molar-refractivity contribution in [3.8, 4) is 0 Å². The van der Waals surface area contributed by atoms with Gasteiger partial charge in [-0.3, -0.25) is 0 Å². The largest absolute Gasteiger partial charge is 0.449 e. The van der Waals surface area contributed by atoms with Gasteiger partial charge in [-0.25, -0.2) is 0 Å². The molecule has 0 unspecified atom stereocenters. The SMILES string of the molecule is Cc1cc(Cl)c2oc(I)cc2c1. The van der Waals surface area contributed by atoms with E-state index >= 15 is 0 Å². The van der Waals surface area contributed by atoms with E-state index in [1.54, 1.807) is 0 Å². The second kappa shape index (κ2) is 2.92. The third-order valence-electron chi connectivity index (χ3n) is 1.69. The van der Waals surface area contributed by atoms with Gasteiger partial charge in [-0.2, -0.15) is 0 Å². The Labute approximate surface area is 88.8 Å². The van der Waals surface area contributed by atoms with E-state index in [0.29, 0.717) is 5.02 Å². The van der Waals surface area contributed by atoms with Crippen molar-refractivity contribution < 1.29 is 4.42 Å². The molecule has 1 aromatic heterocycles. The van der Waals surface area contributed by atoms with E-state index in [9.17, 15) is 0 Å². The van der Waals surface area contributed by atoms with Gasteiger partial charge >= 0.3 is 0 Å². The smallest absolute Gasteiger partial charge is 0.165 e. The van der Waals surface area contributed by atoms with Crippen molar-refractivity contribution in [2.75, 3.05) is 0 Å². The number of aryl methyl sites for hydroxylation is 1. The van der Waals surface area contributed by atoms with Crippen molar-refractivity contribution in [2.45, 2.75) is 6.92 Å². The Morgan fingerprint density at radius 1 is 1.33 bits per heavy atom. The van der Waals surface area contributed by atoms with E-state index in [-0.39, 0.29) is 0 Å². The minimum atomic E-state index is 0.688. The minimum absolute atomic E-state index is 0.688. The fraction of sp³-hybridized carbons (Fsp3) is 0.111. The Balaban J connectivity index is 2.88. The highest BCUT2D eigenvalue weighted by molar-refractivity contribution is 14.1. The highest BCUT2D eigenvalue weighted by Gasteiger charge is 2.05. The van der Waals surface area contributed by atoms with Crippen molar-refractivity contribution in [2.24, 2.45) is 0 Å². The van der Waals surface area contributed by atoms with Crippen LogP contribution in [0.3, 0.4) is 0 Å². The summed E-state index contributed by atoms with van der Waals surface area (Å²) in [5.41, 5.74) is 1.94. The van der Waals surface area contributed by atoms with Crippen LogP contribution in [-0.4, -0.2) is 0 Å². The highest BCUT2D eigenvalue weighted by atomic mass is 127. The molecule has 0 fully saturated rings. The lowest BCUT2D eigenvalue weighted by molar-refractivity contribution is 0.584. The average Bonchev–Trinajstić information content (AvgIpc) is 2.29. The summed E-state index contributed by atoms with van der Waals surface area (Å²) in [6.07, 6.45) is 0. The molecule has 0 aliphatic rings. The molecule has 2 aromatic rings. The second-order valence-corrected chi connectivity index (χ2v) is 4.19. The predicted molar refractivity (Wildman–Crippen MR) is 58.7 cm³/mol. The van der Waals surface area contributed by atoms with Crippen LogP contribution in [0, 0.1) is 10.7 Å². The fourth-order valence-corrected chi connectivity index (χ4v) is 2.10. The van der Waals surface area contributed by atoms with Gasteiger partial charge in [-0.15, -0.1) is 0 Å². The van der Waals surface area contributed by atoms with Gasteiger partial charge in [-0.05, 0) is 53.3 Å². The van der Waals surface area contributed by atoms with Gasteiger partial charge in [0.05, 0.1) is 5.02 Å². The highest BCUT2D eigenvalue weighted by Crippen LogP contribution is 2.28. The summed E-state index contributed by atoms with van der Waals surface area (Å²) in [4.78, 5) is 0. The van der Waals surface area contributed by atoms with Crippen LogP contribution in [0.2, 0.25) is 5.02 Å². The summed E-state index contributed by atoms with van der Waals surface area (Å²) in [6.45, 7) is 2.02. The Morgan fingerprint density at radius 3 is 2.83 bits per heavy atom. The van der Waals surface area contributed by atoms with Crippen LogP contribution in [-0.2, 0) is 0 Å². The van der Waals surface area contributed by atoms with E-state index in [0.717, 1.165) is 20.3 Å². The quantitative estimate of drug-likeness (QED) is 0.669. The van der Waals surface area contributed by atoms with Crippen LogP contribution in [0.5, 0.6) is 0 Å². The van der Waals surface area contributed by atoms with E-state index in [2.05, 4.69) is 28.7 Å². The zero-order valence-corrected chi connectivity index (χ0v) is 9.31. The molecule has 12 heavy (non-hydrogen) atoms. The standard InChI is InChI=1S/C9H6ClIO/c1-5-2-6-4-8(11)12-9(6)7(10)3-5/h2-4H,1H3. The summed E-state index contributed by atoms with van der Waals surface area (Å²) in [5.74, 6) is 0. The second-order valence-electron chi connectivity index (χ2n) is 2.72. The summed E-state index contributed by atoms with van der Waals surface area (Å²) >= 11 is 8.11. The number of fused-ring (bicyclic) bond motifs is 1. The maximum atomic E-state index is 5.98. The molecule has 62 valence electrons. The average molecular weight is 293 g/mol. The van der Waals surface area contributed by atoms with Gasteiger partial charge in [0.1, 0.15) is 0 Å². The first-order valence-electron chi connectivity index (χ1n) is 3.52. The molecule has 2 rings (SSSR count). The van der Waals surface area contributed by atoms with Crippen LogP contribution in [0.15, 0.2) is 22.6 Å². The first-order chi connectivity index (χ1) is 5.66. The Morgan fingerprint density at radius 2 is 2.08 bits per heavy atom. The molecule has 0 aliphatic carbocycles. The minimum Gasteiger partial charge on any atom is -0.449 e. The molecule has 1 heterocycles. The molecular formula is C9H6ClIO. The summed E-state index contributed by atoms with van der Waals surface area (Å²) in [7, 11) is 0. The molecule has 0 aliphatic heterocycles. The normalized spacial score (nSPS) is 10.9.